The van der Waals surface area contributed by atoms with Crippen molar-refractivity contribution >= 4 is 22.3 Å². The number of morpholine rings is 1. The molecule has 1 aliphatic heterocycles. The third-order valence-electron chi connectivity index (χ3n) is 4.55. The van der Waals surface area contributed by atoms with Crippen LogP contribution < -0.4 is 10.5 Å². The number of hydrogen-bond acceptors (Lipinski definition) is 6. The number of thiazole rings is 1. The van der Waals surface area contributed by atoms with E-state index in [1.54, 1.807) is 23.7 Å². The summed E-state index contributed by atoms with van der Waals surface area (Å²) in [7, 11) is 0. The Morgan fingerprint density at radius 1 is 1.26 bits per heavy atom. The molecule has 0 saturated carbocycles. The van der Waals surface area contributed by atoms with Crippen LogP contribution in [-0.2, 0) is 22.6 Å². The number of carbonyl (C=O) groups is 1. The van der Waals surface area contributed by atoms with E-state index < -0.39 is 5.97 Å². The fourth-order valence-electron chi connectivity index (χ4n) is 3.07. The van der Waals surface area contributed by atoms with E-state index in [9.17, 15) is 9.59 Å². The van der Waals surface area contributed by atoms with Crippen molar-refractivity contribution in [3.8, 4) is 0 Å². The SMILES string of the molecule is O=C(OCc1cc(=O)n2ccsc2n1)c1ccc(C[NH+]2CCOCC2)cc1. The van der Waals surface area contributed by atoms with Crippen LogP contribution in [0.5, 0.6) is 0 Å². The van der Waals surface area contributed by atoms with E-state index in [0.717, 1.165) is 32.8 Å². The van der Waals surface area contributed by atoms with Crippen LogP contribution >= 0.6 is 11.3 Å². The summed E-state index contributed by atoms with van der Waals surface area (Å²) in [4.78, 5) is 30.6. The van der Waals surface area contributed by atoms with Crippen molar-refractivity contribution in [1.82, 2.24) is 9.38 Å². The van der Waals surface area contributed by atoms with Gasteiger partial charge in [0, 0.05) is 23.2 Å². The second-order valence-corrected chi connectivity index (χ2v) is 7.33. The predicted octanol–water partition coefficient (Wildman–Crippen LogP) is 0.528. The van der Waals surface area contributed by atoms with Crippen LogP contribution in [0, 0.1) is 0 Å². The monoisotopic (exact) mass is 386 g/mol. The molecule has 1 aliphatic rings. The van der Waals surface area contributed by atoms with Crippen LogP contribution in [0.4, 0.5) is 0 Å². The highest BCUT2D eigenvalue weighted by atomic mass is 32.1. The summed E-state index contributed by atoms with van der Waals surface area (Å²) < 4.78 is 12.2. The number of nitrogens with one attached hydrogen (secondary N) is 1. The molecule has 1 N–H and O–H groups in total. The summed E-state index contributed by atoms with van der Waals surface area (Å²) in [5, 5.41) is 1.79. The molecule has 0 amide bonds. The first-order valence-corrected chi connectivity index (χ1v) is 9.70. The van der Waals surface area contributed by atoms with Crippen LogP contribution in [0.2, 0.25) is 0 Å². The van der Waals surface area contributed by atoms with E-state index in [-0.39, 0.29) is 12.2 Å². The topological polar surface area (TPSA) is 74.3 Å². The molecule has 0 radical (unpaired) electrons. The summed E-state index contributed by atoms with van der Waals surface area (Å²) >= 11 is 1.36. The summed E-state index contributed by atoms with van der Waals surface area (Å²) in [6.07, 6.45) is 1.67. The van der Waals surface area contributed by atoms with E-state index in [1.165, 1.54) is 32.3 Å². The number of quaternary nitrogens is 1. The molecule has 0 spiro atoms. The quantitative estimate of drug-likeness (QED) is 0.648. The van der Waals surface area contributed by atoms with Gasteiger partial charge in [-0.15, -0.1) is 11.3 Å². The Kier molecular flexibility index (Phi) is 5.28. The Bertz CT molecular complexity index is 990. The molecule has 0 aliphatic carbocycles. The molecular formula is C19H20N3O4S+. The number of hydrogen-bond donors (Lipinski definition) is 1. The van der Waals surface area contributed by atoms with Crippen molar-refractivity contribution in [2.24, 2.45) is 0 Å². The summed E-state index contributed by atoms with van der Waals surface area (Å²) in [6, 6.07) is 8.87. The largest absolute Gasteiger partial charge is 0.456 e. The first-order chi connectivity index (χ1) is 13.2. The minimum Gasteiger partial charge on any atom is -0.456 e. The molecule has 140 valence electrons. The maximum absolute atomic E-state index is 12.3. The van der Waals surface area contributed by atoms with Gasteiger partial charge in [-0.1, -0.05) is 12.1 Å². The Balaban J connectivity index is 1.36. The predicted molar refractivity (Wildman–Crippen MR) is 100 cm³/mol. The zero-order valence-corrected chi connectivity index (χ0v) is 15.5. The average molecular weight is 386 g/mol. The van der Waals surface area contributed by atoms with Gasteiger partial charge in [0.05, 0.1) is 24.5 Å². The van der Waals surface area contributed by atoms with Crippen LogP contribution in [-0.4, -0.2) is 41.7 Å². The number of nitrogens with zero attached hydrogens (tertiary/aromatic N) is 2. The Labute approximate surface area is 159 Å². The summed E-state index contributed by atoms with van der Waals surface area (Å²) in [6.45, 7) is 4.51. The highest BCUT2D eigenvalue weighted by molar-refractivity contribution is 7.15. The van der Waals surface area contributed by atoms with Gasteiger partial charge < -0.3 is 14.4 Å². The highest BCUT2D eigenvalue weighted by Crippen LogP contribution is 2.09. The van der Waals surface area contributed by atoms with E-state index >= 15 is 0 Å². The van der Waals surface area contributed by atoms with Gasteiger partial charge in [0.1, 0.15) is 26.2 Å². The molecule has 0 atom stereocenters. The Morgan fingerprint density at radius 3 is 2.81 bits per heavy atom. The van der Waals surface area contributed by atoms with Gasteiger partial charge in [0.25, 0.3) is 5.56 Å². The lowest BCUT2D eigenvalue weighted by Crippen LogP contribution is -3.12. The van der Waals surface area contributed by atoms with Gasteiger partial charge in [-0.2, -0.15) is 0 Å². The van der Waals surface area contributed by atoms with E-state index in [2.05, 4.69) is 4.98 Å². The van der Waals surface area contributed by atoms with Crippen LogP contribution in [0.15, 0.2) is 46.7 Å². The summed E-state index contributed by atoms with van der Waals surface area (Å²) in [5.74, 6) is -0.423. The Morgan fingerprint density at radius 2 is 2.04 bits per heavy atom. The van der Waals surface area contributed by atoms with Gasteiger partial charge in [0.2, 0.25) is 0 Å². The molecule has 0 unspecified atom stereocenters. The van der Waals surface area contributed by atoms with Crippen molar-refractivity contribution in [3.63, 3.8) is 0 Å². The van der Waals surface area contributed by atoms with Crippen molar-refractivity contribution in [2.45, 2.75) is 13.2 Å². The molecule has 7 nitrogen and oxygen atoms in total. The molecule has 3 aromatic rings. The molecule has 8 heteroatoms. The van der Waals surface area contributed by atoms with Gasteiger partial charge in [-0.05, 0) is 12.1 Å². The second-order valence-electron chi connectivity index (χ2n) is 6.45. The number of ether oxygens (including phenoxy) is 2. The lowest BCUT2D eigenvalue weighted by Gasteiger charge is -2.23. The van der Waals surface area contributed by atoms with Gasteiger partial charge in [0.15, 0.2) is 4.96 Å². The van der Waals surface area contributed by atoms with Crippen molar-refractivity contribution in [2.75, 3.05) is 26.3 Å². The maximum atomic E-state index is 12.3. The van der Waals surface area contributed by atoms with E-state index in [1.807, 2.05) is 12.1 Å². The minimum atomic E-state index is -0.423. The number of esters is 1. The maximum Gasteiger partial charge on any atom is 0.338 e. The molecule has 27 heavy (non-hydrogen) atoms. The zero-order chi connectivity index (χ0) is 18.6. The van der Waals surface area contributed by atoms with Gasteiger partial charge in [-0.3, -0.25) is 9.20 Å². The molecule has 2 aromatic heterocycles. The molecular weight excluding hydrogens is 366 g/mol. The van der Waals surface area contributed by atoms with Gasteiger partial charge in [-0.25, -0.2) is 9.78 Å². The first kappa shape index (κ1) is 17.8. The average Bonchev–Trinajstić information content (AvgIpc) is 3.17. The molecule has 1 fully saturated rings. The van der Waals surface area contributed by atoms with Crippen molar-refractivity contribution in [1.29, 1.82) is 0 Å². The number of carbonyl (C=O) groups excluding carboxylic acids is 1. The standard InChI is InChI=1S/C19H19N3O4S/c23-17-11-16(20-19-22(17)7-10-27-19)13-26-18(24)15-3-1-14(2-4-15)12-21-5-8-25-9-6-21/h1-4,7,10-11H,5-6,8-9,12-13H2/p+1. The number of aromatic nitrogens is 2. The molecule has 4 rings (SSSR count). The third kappa shape index (κ3) is 4.24. The smallest absolute Gasteiger partial charge is 0.338 e. The number of fused-ring (bicyclic) bond motifs is 1. The number of rotatable bonds is 5. The van der Waals surface area contributed by atoms with Crippen molar-refractivity contribution < 1.29 is 19.2 Å². The molecule has 1 saturated heterocycles. The minimum absolute atomic E-state index is 0.0256. The fourth-order valence-corrected chi connectivity index (χ4v) is 3.81. The van der Waals surface area contributed by atoms with E-state index in [0.29, 0.717) is 16.2 Å². The molecule has 1 aromatic carbocycles. The van der Waals surface area contributed by atoms with E-state index in [4.69, 9.17) is 9.47 Å². The first-order valence-electron chi connectivity index (χ1n) is 8.82. The van der Waals surface area contributed by atoms with Crippen LogP contribution in [0.25, 0.3) is 4.96 Å². The normalized spacial score (nSPS) is 15.1. The second kappa shape index (κ2) is 7.99. The van der Waals surface area contributed by atoms with Crippen LogP contribution in [0.1, 0.15) is 21.6 Å². The van der Waals surface area contributed by atoms with Crippen molar-refractivity contribution in [3.05, 3.63) is 69.1 Å². The fraction of sp³-hybridized carbons (Fsp3) is 0.316. The molecule has 0 bridgehead atoms. The van der Waals surface area contributed by atoms with Crippen LogP contribution in [0.3, 0.4) is 0 Å². The molecule has 3 heterocycles. The highest BCUT2D eigenvalue weighted by Gasteiger charge is 2.15. The number of benzene rings is 1. The lowest BCUT2D eigenvalue weighted by molar-refractivity contribution is -0.921. The third-order valence-corrected chi connectivity index (χ3v) is 5.31. The zero-order valence-electron chi connectivity index (χ0n) is 14.7. The summed E-state index contributed by atoms with van der Waals surface area (Å²) in [5.41, 5.74) is 1.94. The lowest BCUT2D eigenvalue weighted by atomic mass is 10.1. The van der Waals surface area contributed by atoms with Gasteiger partial charge >= 0.3 is 5.97 Å². The Hall–Kier alpha value is -2.55.